The van der Waals surface area contributed by atoms with Gasteiger partial charge in [-0.1, -0.05) is 41.9 Å². The van der Waals surface area contributed by atoms with Gasteiger partial charge in [0, 0.05) is 33.2 Å². The van der Waals surface area contributed by atoms with Crippen LogP contribution in [-0.4, -0.2) is 5.78 Å². The van der Waals surface area contributed by atoms with Crippen LogP contribution in [0.2, 0.25) is 5.02 Å². The number of fused-ring (bicyclic) bond motifs is 3. The molecule has 0 saturated heterocycles. The average molecular weight is 431 g/mol. The lowest BCUT2D eigenvalue weighted by molar-refractivity contribution is 0.0792. The molecule has 4 aromatic rings. The molecule has 0 spiro atoms. The van der Waals surface area contributed by atoms with Crippen LogP contribution in [0, 0.1) is 0 Å². The van der Waals surface area contributed by atoms with E-state index in [1.165, 1.54) is 0 Å². The molecule has 1 heterocycles. The Kier molecular flexibility index (Phi) is 5.08. The number of carbonyl (C=O) groups is 1. The van der Waals surface area contributed by atoms with Crippen LogP contribution in [0.3, 0.4) is 0 Å². The van der Waals surface area contributed by atoms with Gasteiger partial charge in [-0.15, -0.1) is 0 Å². The molecule has 31 heavy (non-hydrogen) atoms. The summed E-state index contributed by atoms with van der Waals surface area (Å²) >= 11 is 5.97. The van der Waals surface area contributed by atoms with Gasteiger partial charge in [-0.2, -0.15) is 0 Å². The molecule has 1 aliphatic rings. The lowest BCUT2D eigenvalue weighted by atomic mass is 9.99. The molecule has 3 aromatic carbocycles. The van der Waals surface area contributed by atoms with E-state index in [0.29, 0.717) is 21.9 Å². The fraction of sp³-hybridized carbons (Fsp3) is 0.154. The molecule has 0 radical (unpaired) electrons. The summed E-state index contributed by atoms with van der Waals surface area (Å²) in [6.45, 7) is 0. The van der Waals surface area contributed by atoms with Crippen molar-refractivity contribution in [3.8, 4) is 5.75 Å². The van der Waals surface area contributed by atoms with E-state index in [1.54, 1.807) is 30.3 Å². The first kappa shape index (κ1) is 19.6. The van der Waals surface area contributed by atoms with Crippen LogP contribution in [-0.2, 0) is 12.8 Å². The molecule has 0 saturated carbocycles. The topological polar surface area (TPSA) is 56.5 Å². The smallest absolute Gasteiger partial charge is 0.339 e. The number of halogens is 1. The van der Waals surface area contributed by atoms with E-state index in [9.17, 15) is 9.59 Å². The minimum atomic E-state index is -0.846. The van der Waals surface area contributed by atoms with Gasteiger partial charge in [0.15, 0.2) is 6.10 Å². The third-order valence-corrected chi connectivity index (χ3v) is 5.92. The molecule has 4 nitrogen and oxygen atoms in total. The van der Waals surface area contributed by atoms with Gasteiger partial charge in [0.05, 0.1) is 0 Å². The highest BCUT2D eigenvalue weighted by atomic mass is 35.5. The fourth-order valence-electron chi connectivity index (χ4n) is 4.14. The van der Waals surface area contributed by atoms with Crippen LogP contribution in [0.5, 0.6) is 5.75 Å². The third-order valence-electron chi connectivity index (χ3n) is 5.67. The first-order chi connectivity index (χ1) is 15.1. The van der Waals surface area contributed by atoms with Crippen molar-refractivity contribution >= 4 is 28.4 Å². The van der Waals surface area contributed by atoms with Gasteiger partial charge < -0.3 is 9.15 Å². The molecule has 1 aromatic heterocycles. The van der Waals surface area contributed by atoms with Gasteiger partial charge in [0.2, 0.25) is 5.78 Å². The van der Waals surface area contributed by atoms with Crippen LogP contribution in [0.1, 0.15) is 39.6 Å². The van der Waals surface area contributed by atoms with Crippen molar-refractivity contribution in [2.45, 2.75) is 25.4 Å². The zero-order valence-corrected chi connectivity index (χ0v) is 17.4. The molecule has 1 unspecified atom stereocenters. The summed E-state index contributed by atoms with van der Waals surface area (Å²) in [7, 11) is 0. The van der Waals surface area contributed by atoms with Crippen molar-refractivity contribution in [3.63, 3.8) is 0 Å². The van der Waals surface area contributed by atoms with Crippen molar-refractivity contribution in [2.75, 3.05) is 0 Å². The van der Waals surface area contributed by atoms with Gasteiger partial charge >= 0.3 is 5.63 Å². The largest absolute Gasteiger partial charge is 0.477 e. The van der Waals surface area contributed by atoms with E-state index in [4.69, 9.17) is 20.8 Å². The maximum atomic E-state index is 13.3. The lowest BCUT2D eigenvalue weighted by Gasteiger charge is -2.19. The quantitative estimate of drug-likeness (QED) is 0.290. The van der Waals surface area contributed by atoms with E-state index in [0.717, 1.165) is 41.3 Å². The molecule has 1 atom stereocenters. The maximum absolute atomic E-state index is 13.3. The molecule has 5 heteroatoms. The summed E-state index contributed by atoms with van der Waals surface area (Å²) in [6, 6.07) is 21.5. The second kappa shape index (κ2) is 8.05. The monoisotopic (exact) mass is 430 g/mol. The first-order valence-electron chi connectivity index (χ1n) is 10.2. The van der Waals surface area contributed by atoms with Crippen molar-refractivity contribution in [3.05, 3.63) is 110 Å². The van der Waals surface area contributed by atoms with Crippen LogP contribution in [0.4, 0.5) is 0 Å². The Morgan fingerprint density at radius 1 is 0.935 bits per heavy atom. The van der Waals surface area contributed by atoms with Crippen molar-refractivity contribution in [1.82, 2.24) is 0 Å². The first-order valence-corrected chi connectivity index (χ1v) is 10.6. The number of rotatable bonds is 5. The maximum Gasteiger partial charge on any atom is 0.339 e. The highest BCUT2D eigenvalue weighted by Gasteiger charge is 2.25. The van der Waals surface area contributed by atoms with Gasteiger partial charge in [-0.05, 0) is 61.2 Å². The van der Waals surface area contributed by atoms with Crippen LogP contribution < -0.4 is 10.4 Å². The zero-order chi connectivity index (χ0) is 21.4. The summed E-state index contributed by atoms with van der Waals surface area (Å²) in [5.41, 5.74) is 3.28. The number of hydrogen-bond acceptors (Lipinski definition) is 4. The summed E-state index contributed by atoms with van der Waals surface area (Å²) in [5, 5.41) is 1.49. The number of Topliss-reactive ketones (excluding diaryl/α,β-unsaturated/α-hetero) is 1. The Morgan fingerprint density at radius 3 is 2.45 bits per heavy atom. The molecule has 0 bridgehead atoms. The SMILES string of the molecule is O=C(c1ccc(Cl)cc1)C(Oc1ccc2c3c(c(=O)oc2c1)CCC3)c1ccccc1. The normalized spacial score (nSPS) is 13.7. The van der Waals surface area contributed by atoms with E-state index in [1.807, 2.05) is 42.5 Å². The summed E-state index contributed by atoms with van der Waals surface area (Å²) in [5.74, 6) is 0.281. The Balaban J connectivity index is 1.54. The average Bonchev–Trinajstić information content (AvgIpc) is 3.29. The Labute approximate surface area is 184 Å². The van der Waals surface area contributed by atoms with Crippen LogP contribution in [0.15, 0.2) is 82.0 Å². The number of ether oxygens (including phenoxy) is 1. The second-order valence-electron chi connectivity index (χ2n) is 7.64. The Bertz CT molecular complexity index is 1320. The lowest BCUT2D eigenvalue weighted by Crippen LogP contribution is -2.19. The highest BCUT2D eigenvalue weighted by Crippen LogP contribution is 2.32. The van der Waals surface area contributed by atoms with Crippen LogP contribution in [0.25, 0.3) is 11.0 Å². The molecule has 154 valence electrons. The van der Waals surface area contributed by atoms with E-state index in [-0.39, 0.29) is 11.4 Å². The molecule has 0 N–H and O–H groups in total. The van der Waals surface area contributed by atoms with E-state index in [2.05, 4.69) is 0 Å². The predicted octanol–water partition coefficient (Wildman–Crippen LogP) is 5.94. The Hall–Kier alpha value is -3.37. The molecule has 1 aliphatic carbocycles. The van der Waals surface area contributed by atoms with Gasteiger partial charge in [-0.3, -0.25) is 4.79 Å². The number of hydrogen-bond donors (Lipinski definition) is 0. The summed E-state index contributed by atoms with van der Waals surface area (Å²) < 4.78 is 11.7. The third kappa shape index (κ3) is 3.75. The van der Waals surface area contributed by atoms with Gasteiger partial charge in [0.1, 0.15) is 11.3 Å². The van der Waals surface area contributed by atoms with Crippen LogP contribution >= 0.6 is 11.6 Å². The van der Waals surface area contributed by atoms with Gasteiger partial charge in [-0.25, -0.2) is 4.79 Å². The standard InChI is InChI=1S/C26H19ClO4/c27-18-11-9-16(10-12-18)24(28)25(17-5-2-1-3-6-17)30-19-13-14-21-20-7-4-8-22(20)26(29)31-23(21)15-19/h1-3,5-6,9-15,25H,4,7-8H2. The highest BCUT2D eigenvalue weighted by molar-refractivity contribution is 6.30. The minimum absolute atomic E-state index is 0.182. The van der Waals surface area contributed by atoms with Crippen molar-refractivity contribution in [2.24, 2.45) is 0 Å². The molecule has 5 rings (SSSR count). The van der Waals surface area contributed by atoms with E-state index < -0.39 is 6.10 Å². The number of carbonyl (C=O) groups excluding carboxylic acids is 1. The zero-order valence-electron chi connectivity index (χ0n) is 16.6. The molecular formula is C26H19ClO4. The molecule has 0 amide bonds. The van der Waals surface area contributed by atoms with Crippen molar-refractivity contribution < 1.29 is 13.9 Å². The fourth-order valence-corrected chi connectivity index (χ4v) is 4.27. The number of ketones is 1. The minimum Gasteiger partial charge on any atom is -0.477 e. The number of aryl methyl sites for hydroxylation is 1. The second-order valence-corrected chi connectivity index (χ2v) is 8.07. The van der Waals surface area contributed by atoms with Crippen molar-refractivity contribution in [1.29, 1.82) is 0 Å². The summed E-state index contributed by atoms with van der Waals surface area (Å²) in [4.78, 5) is 25.6. The van der Waals surface area contributed by atoms with Gasteiger partial charge in [0.25, 0.3) is 0 Å². The number of benzene rings is 3. The Morgan fingerprint density at radius 2 is 1.68 bits per heavy atom. The molecule has 0 fully saturated rings. The molecule has 0 aliphatic heterocycles. The predicted molar refractivity (Wildman–Crippen MR) is 120 cm³/mol. The molecular weight excluding hydrogens is 412 g/mol. The van der Waals surface area contributed by atoms with E-state index >= 15 is 0 Å². The summed E-state index contributed by atoms with van der Waals surface area (Å²) in [6.07, 6.45) is 1.75.